The van der Waals surface area contributed by atoms with E-state index < -0.39 is 6.10 Å². The van der Waals surface area contributed by atoms with E-state index in [1.54, 1.807) is 12.1 Å². The van der Waals surface area contributed by atoms with Crippen LogP contribution in [0.2, 0.25) is 0 Å². The van der Waals surface area contributed by atoms with Crippen LogP contribution in [0.3, 0.4) is 0 Å². The van der Waals surface area contributed by atoms with E-state index in [9.17, 15) is 14.7 Å². The Kier molecular flexibility index (Phi) is 5.30. The number of ketones is 2. The topological polar surface area (TPSA) is 63.6 Å². The smallest absolute Gasteiger partial charge is 0.163 e. The number of allylic oxidation sites excluding steroid dienone is 4. The third kappa shape index (κ3) is 3.97. The molecule has 2 atom stereocenters. The summed E-state index contributed by atoms with van der Waals surface area (Å²) in [5.41, 5.74) is 4.47. The summed E-state index contributed by atoms with van der Waals surface area (Å²) in [7, 11) is 0. The van der Waals surface area contributed by atoms with Crippen LogP contribution in [-0.4, -0.2) is 36.0 Å². The Morgan fingerprint density at radius 1 is 1.20 bits per heavy atom. The van der Waals surface area contributed by atoms with Gasteiger partial charge in [-0.1, -0.05) is 35.9 Å². The number of hydrogen-bond donors (Lipinski definition) is 1. The van der Waals surface area contributed by atoms with Gasteiger partial charge in [0.1, 0.15) is 0 Å². The Labute approximate surface area is 148 Å². The molecule has 1 heterocycles. The van der Waals surface area contributed by atoms with Crippen molar-refractivity contribution in [1.29, 1.82) is 0 Å². The highest BCUT2D eigenvalue weighted by molar-refractivity contribution is 6.01. The lowest BCUT2D eigenvalue weighted by molar-refractivity contribution is -0.115. The second-order valence-corrected chi connectivity index (χ2v) is 7.01. The fourth-order valence-electron chi connectivity index (χ4n) is 3.58. The number of hydrogen-bond acceptors (Lipinski definition) is 4. The third-order valence-electron chi connectivity index (χ3n) is 5.03. The summed E-state index contributed by atoms with van der Waals surface area (Å²) in [6.45, 7) is 4.76. The third-order valence-corrected chi connectivity index (χ3v) is 5.03. The van der Waals surface area contributed by atoms with Crippen molar-refractivity contribution in [3.05, 3.63) is 58.2 Å². The highest BCUT2D eigenvalue weighted by Crippen LogP contribution is 2.27. The molecule has 1 N–H and O–H groups in total. The first-order valence-corrected chi connectivity index (χ1v) is 8.75. The van der Waals surface area contributed by atoms with Crippen LogP contribution < -0.4 is 0 Å². The molecule has 25 heavy (non-hydrogen) atoms. The molecular weight excluding hydrogens is 316 g/mol. The van der Waals surface area contributed by atoms with E-state index in [0.29, 0.717) is 38.0 Å². The van der Waals surface area contributed by atoms with Crippen molar-refractivity contribution in [2.45, 2.75) is 45.1 Å². The highest BCUT2D eigenvalue weighted by atomic mass is 16.5. The van der Waals surface area contributed by atoms with Crippen molar-refractivity contribution in [3.8, 4) is 0 Å². The van der Waals surface area contributed by atoms with E-state index in [1.807, 2.05) is 32.1 Å². The van der Waals surface area contributed by atoms with Gasteiger partial charge in [-0.05, 0) is 37.0 Å². The van der Waals surface area contributed by atoms with E-state index in [0.717, 1.165) is 22.3 Å². The number of benzene rings is 1. The Morgan fingerprint density at radius 2 is 1.92 bits per heavy atom. The number of aliphatic hydroxyl groups excluding tert-OH is 1. The second kappa shape index (κ2) is 7.46. The number of Topliss-reactive ketones (excluding diaryl/α,β-unsaturated/α-hetero) is 2. The van der Waals surface area contributed by atoms with Gasteiger partial charge < -0.3 is 9.84 Å². The predicted molar refractivity (Wildman–Crippen MR) is 95.7 cm³/mol. The monoisotopic (exact) mass is 340 g/mol. The van der Waals surface area contributed by atoms with Crippen LogP contribution in [0.1, 0.15) is 54.9 Å². The first kappa shape index (κ1) is 17.8. The molecule has 1 aromatic rings. The highest BCUT2D eigenvalue weighted by Gasteiger charge is 2.27. The van der Waals surface area contributed by atoms with E-state index >= 15 is 0 Å². The first-order chi connectivity index (χ1) is 12.0. The minimum atomic E-state index is -0.481. The summed E-state index contributed by atoms with van der Waals surface area (Å²) in [6, 6.07) is 7.38. The molecule has 4 nitrogen and oxygen atoms in total. The van der Waals surface area contributed by atoms with Crippen LogP contribution >= 0.6 is 0 Å². The standard InChI is InChI=1S/C21H24O4/c1-13-9-14(2)17(20(23)10-13)7-8-19(22)16-5-3-15(4-6-16)18-11-25-12-21(18)24/h3-6,9,18,21,24H,7-8,10-12H2,1-2H3. The summed E-state index contributed by atoms with van der Waals surface area (Å²) < 4.78 is 5.28. The van der Waals surface area contributed by atoms with E-state index in [1.165, 1.54) is 0 Å². The van der Waals surface area contributed by atoms with Crippen LogP contribution in [0, 0.1) is 0 Å². The number of carbonyl (C=O) groups is 2. The number of ether oxygens (including phenoxy) is 1. The zero-order valence-electron chi connectivity index (χ0n) is 14.7. The molecule has 1 fully saturated rings. The number of aliphatic hydroxyl groups is 1. The summed E-state index contributed by atoms with van der Waals surface area (Å²) in [5.74, 6) is 0.150. The van der Waals surface area contributed by atoms with Gasteiger partial charge in [0, 0.05) is 24.3 Å². The van der Waals surface area contributed by atoms with Gasteiger partial charge in [-0.25, -0.2) is 0 Å². The summed E-state index contributed by atoms with van der Waals surface area (Å²) in [4.78, 5) is 24.6. The molecule has 1 aromatic carbocycles. The van der Waals surface area contributed by atoms with Crippen LogP contribution in [0.15, 0.2) is 47.1 Å². The SMILES string of the molecule is CC1=CC(C)=C(CCC(=O)c2ccc(C3COCC3O)cc2)C(=O)C1. The van der Waals surface area contributed by atoms with Crippen molar-refractivity contribution in [2.24, 2.45) is 0 Å². The van der Waals surface area contributed by atoms with Crippen molar-refractivity contribution in [1.82, 2.24) is 0 Å². The van der Waals surface area contributed by atoms with E-state index in [4.69, 9.17) is 4.74 Å². The average Bonchev–Trinajstić information content (AvgIpc) is 3.00. The number of rotatable bonds is 5. The maximum absolute atomic E-state index is 12.4. The molecule has 0 radical (unpaired) electrons. The summed E-state index contributed by atoms with van der Waals surface area (Å²) in [5, 5.41) is 9.88. The van der Waals surface area contributed by atoms with Gasteiger partial charge in [0.05, 0.1) is 19.3 Å². The molecule has 1 saturated heterocycles. The minimum Gasteiger partial charge on any atom is -0.390 e. The molecule has 2 unspecified atom stereocenters. The van der Waals surface area contributed by atoms with E-state index in [-0.39, 0.29) is 17.5 Å². The van der Waals surface area contributed by atoms with Crippen LogP contribution in [0.25, 0.3) is 0 Å². The maximum atomic E-state index is 12.4. The molecule has 1 aliphatic heterocycles. The summed E-state index contributed by atoms with van der Waals surface area (Å²) in [6.07, 6.45) is 2.83. The normalized spacial score (nSPS) is 23.8. The molecule has 0 bridgehead atoms. The van der Waals surface area contributed by atoms with Crippen LogP contribution in [0.5, 0.6) is 0 Å². The molecule has 3 rings (SSSR count). The summed E-state index contributed by atoms with van der Waals surface area (Å²) >= 11 is 0. The zero-order chi connectivity index (χ0) is 18.0. The zero-order valence-corrected chi connectivity index (χ0v) is 14.7. The fraction of sp³-hybridized carbons (Fsp3) is 0.429. The molecule has 0 amide bonds. The Hall–Kier alpha value is -2.04. The fourth-order valence-corrected chi connectivity index (χ4v) is 3.58. The Morgan fingerprint density at radius 3 is 2.52 bits per heavy atom. The molecule has 132 valence electrons. The maximum Gasteiger partial charge on any atom is 0.163 e. The lowest BCUT2D eigenvalue weighted by atomic mass is 9.88. The largest absolute Gasteiger partial charge is 0.390 e. The Bertz CT molecular complexity index is 740. The quantitative estimate of drug-likeness (QED) is 0.835. The van der Waals surface area contributed by atoms with Crippen molar-refractivity contribution < 1.29 is 19.4 Å². The van der Waals surface area contributed by atoms with Gasteiger partial charge in [0.25, 0.3) is 0 Å². The van der Waals surface area contributed by atoms with Gasteiger partial charge in [-0.3, -0.25) is 9.59 Å². The lowest BCUT2D eigenvalue weighted by Gasteiger charge is -2.15. The van der Waals surface area contributed by atoms with Crippen molar-refractivity contribution in [3.63, 3.8) is 0 Å². The van der Waals surface area contributed by atoms with E-state index in [2.05, 4.69) is 0 Å². The molecule has 0 spiro atoms. The van der Waals surface area contributed by atoms with Gasteiger partial charge in [0.2, 0.25) is 0 Å². The predicted octanol–water partition coefficient (Wildman–Crippen LogP) is 3.36. The van der Waals surface area contributed by atoms with Crippen LogP contribution in [-0.2, 0) is 9.53 Å². The average molecular weight is 340 g/mol. The molecule has 4 heteroatoms. The minimum absolute atomic E-state index is 0.0214. The Balaban J connectivity index is 1.64. The molecule has 1 aliphatic carbocycles. The molecule has 2 aliphatic rings. The lowest BCUT2D eigenvalue weighted by Crippen LogP contribution is -2.15. The number of carbonyl (C=O) groups excluding carboxylic acids is 2. The second-order valence-electron chi connectivity index (χ2n) is 7.01. The molecule has 0 saturated carbocycles. The van der Waals surface area contributed by atoms with Crippen molar-refractivity contribution in [2.75, 3.05) is 13.2 Å². The van der Waals surface area contributed by atoms with Gasteiger partial charge in [0.15, 0.2) is 11.6 Å². The van der Waals surface area contributed by atoms with Gasteiger partial charge >= 0.3 is 0 Å². The van der Waals surface area contributed by atoms with Crippen LogP contribution in [0.4, 0.5) is 0 Å². The first-order valence-electron chi connectivity index (χ1n) is 8.75. The van der Waals surface area contributed by atoms with Gasteiger partial charge in [-0.2, -0.15) is 0 Å². The molecule has 0 aromatic heterocycles. The van der Waals surface area contributed by atoms with Gasteiger partial charge in [-0.15, -0.1) is 0 Å². The van der Waals surface area contributed by atoms with Crippen molar-refractivity contribution >= 4 is 11.6 Å². The molecular formula is C21H24O4.